The van der Waals surface area contributed by atoms with E-state index in [0.717, 1.165) is 0 Å². The summed E-state index contributed by atoms with van der Waals surface area (Å²) in [7, 11) is 0. The molecule has 3 amide bonds. The van der Waals surface area contributed by atoms with Crippen molar-refractivity contribution in [3.05, 3.63) is 34.9 Å². The van der Waals surface area contributed by atoms with Gasteiger partial charge < -0.3 is 5.32 Å². The molecule has 0 bridgehead atoms. The maximum Gasteiger partial charge on any atom is 0.408 e. The molecule has 6 nitrogen and oxygen atoms in total. The molecule has 2 rings (SSSR count). The molecule has 1 heterocycles. The largest absolute Gasteiger partial charge is 0.408 e. The van der Waals surface area contributed by atoms with Crippen LogP contribution >= 0.6 is 11.6 Å². The first kappa shape index (κ1) is 18.1. The average Bonchev–Trinajstić information content (AvgIpc) is 2.52. The fourth-order valence-electron chi connectivity index (χ4n) is 2.18. The molecule has 0 unspecified atom stereocenters. The standard InChI is InChI=1S/C14H13ClF3N3O3/c15-8-3-1-7(2-4-8)11(22)20-21-13(24)9-5-6-10(14(16,17)18)19-12(9)23/h1-4,9-10H,5-6H2,(H,19,23)(H,20,22)(H,21,24)/t9-,10+/m1/s1. The molecule has 0 radical (unpaired) electrons. The van der Waals surface area contributed by atoms with Crippen LogP contribution in [0.2, 0.25) is 5.02 Å². The number of alkyl halides is 3. The lowest BCUT2D eigenvalue weighted by Gasteiger charge is -2.29. The Balaban J connectivity index is 1.88. The molecule has 0 spiro atoms. The third-order valence-electron chi connectivity index (χ3n) is 3.49. The third-order valence-corrected chi connectivity index (χ3v) is 3.75. The first-order valence-corrected chi connectivity index (χ1v) is 7.29. The van der Waals surface area contributed by atoms with Gasteiger partial charge in [-0.15, -0.1) is 0 Å². The highest BCUT2D eigenvalue weighted by Gasteiger charge is 2.45. The SMILES string of the molecule is O=C(NNC(=O)[C@@H]1CC[C@@H](C(F)(F)F)NC1=O)c1ccc(Cl)cc1. The Labute approximate surface area is 139 Å². The second kappa shape index (κ2) is 7.08. The summed E-state index contributed by atoms with van der Waals surface area (Å²) in [5, 5.41) is 2.19. The summed E-state index contributed by atoms with van der Waals surface area (Å²) in [6, 6.07) is 3.84. The van der Waals surface area contributed by atoms with Crippen molar-refractivity contribution >= 4 is 29.3 Å². The Kier molecular flexibility index (Phi) is 5.33. The van der Waals surface area contributed by atoms with Gasteiger partial charge in [-0.3, -0.25) is 25.2 Å². The van der Waals surface area contributed by atoms with Crippen LogP contribution in [0.15, 0.2) is 24.3 Å². The van der Waals surface area contributed by atoms with E-state index in [9.17, 15) is 27.6 Å². The van der Waals surface area contributed by atoms with Crippen molar-refractivity contribution < 1.29 is 27.6 Å². The van der Waals surface area contributed by atoms with E-state index in [1.165, 1.54) is 24.3 Å². The van der Waals surface area contributed by atoms with Gasteiger partial charge in [-0.1, -0.05) is 11.6 Å². The second-order valence-corrected chi connectivity index (χ2v) is 5.62. The van der Waals surface area contributed by atoms with Crippen LogP contribution in [-0.4, -0.2) is 29.9 Å². The van der Waals surface area contributed by atoms with E-state index < -0.39 is 42.3 Å². The van der Waals surface area contributed by atoms with Gasteiger partial charge in [0.1, 0.15) is 12.0 Å². The number of carbonyl (C=O) groups excluding carboxylic acids is 3. The molecule has 10 heteroatoms. The topological polar surface area (TPSA) is 87.3 Å². The molecule has 24 heavy (non-hydrogen) atoms. The van der Waals surface area contributed by atoms with Crippen LogP contribution in [0.5, 0.6) is 0 Å². The average molecular weight is 364 g/mol. The minimum Gasteiger partial charge on any atom is -0.344 e. The van der Waals surface area contributed by atoms with E-state index in [1.807, 2.05) is 5.43 Å². The van der Waals surface area contributed by atoms with Gasteiger partial charge in [-0.05, 0) is 37.1 Å². The van der Waals surface area contributed by atoms with E-state index in [0.29, 0.717) is 5.02 Å². The van der Waals surface area contributed by atoms with Crippen LogP contribution in [0.3, 0.4) is 0 Å². The molecule has 1 aromatic rings. The number of hydrogen-bond donors (Lipinski definition) is 3. The van der Waals surface area contributed by atoms with Gasteiger partial charge in [-0.2, -0.15) is 13.2 Å². The Hall–Kier alpha value is -2.29. The highest BCUT2D eigenvalue weighted by molar-refractivity contribution is 6.30. The number of hydrazine groups is 1. The summed E-state index contributed by atoms with van der Waals surface area (Å²) in [6.45, 7) is 0. The number of piperidine rings is 1. The number of hydrogen-bond acceptors (Lipinski definition) is 3. The fourth-order valence-corrected chi connectivity index (χ4v) is 2.31. The molecular weight excluding hydrogens is 351 g/mol. The summed E-state index contributed by atoms with van der Waals surface area (Å²) < 4.78 is 37.6. The molecule has 130 valence electrons. The molecule has 3 N–H and O–H groups in total. The summed E-state index contributed by atoms with van der Waals surface area (Å²) in [6.07, 6.45) is -5.23. The Morgan fingerprint density at radius 2 is 1.75 bits per heavy atom. The number of benzene rings is 1. The van der Waals surface area contributed by atoms with E-state index in [1.54, 1.807) is 5.32 Å². The predicted octanol–water partition coefficient (Wildman–Crippen LogP) is 1.56. The monoisotopic (exact) mass is 363 g/mol. The molecular formula is C14H13ClF3N3O3. The van der Waals surface area contributed by atoms with Gasteiger partial charge in [0.05, 0.1) is 0 Å². The zero-order valence-electron chi connectivity index (χ0n) is 12.1. The smallest absolute Gasteiger partial charge is 0.344 e. The number of nitrogens with one attached hydrogen (secondary N) is 3. The number of halogens is 4. The van der Waals surface area contributed by atoms with Gasteiger partial charge in [0, 0.05) is 10.6 Å². The molecule has 0 aromatic heterocycles. The highest BCUT2D eigenvalue weighted by Crippen LogP contribution is 2.28. The maximum atomic E-state index is 12.5. The predicted molar refractivity (Wildman–Crippen MR) is 77.8 cm³/mol. The number of amides is 3. The van der Waals surface area contributed by atoms with Crippen LogP contribution in [0.25, 0.3) is 0 Å². The molecule has 2 atom stereocenters. The zero-order chi connectivity index (χ0) is 17.9. The minimum absolute atomic E-state index is 0.213. The van der Waals surface area contributed by atoms with Crippen molar-refractivity contribution in [2.45, 2.75) is 25.1 Å². The van der Waals surface area contributed by atoms with E-state index >= 15 is 0 Å². The van der Waals surface area contributed by atoms with Crippen LogP contribution in [-0.2, 0) is 9.59 Å². The van der Waals surface area contributed by atoms with E-state index in [-0.39, 0.29) is 12.0 Å². The Morgan fingerprint density at radius 1 is 1.12 bits per heavy atom. The zero-order valence-corrected chi connectivity index (χ0v) is 12.9. The molecule has 1 aromatic carbocycles. The van der Waals surface area contributed by atoms with Crippen molar-refractivity contribution in [2.24, 2.45) is 5.92 Å². The first-order valence-electron chi connectivity index (χ1n) is 6.91. The summed E-state index contributed by atoms with van der Waals surface area (Å²) in [5.41, 5.74) is 4.34. The molecule has 1 fully saturated rings. The van der Waals surface area contributed by atoms with Gasteiger partial charge in [0.2, 0.25) is 5.91 Å². The Morgan fingerprint density at radius 3 is 2.29 bits per heavy atom. The Bertz CT molecular complexity index is 649. The first-order chi connectivity index (χ1) is 11.2. The summed E-state index contributed by atoms with van der Waals surface area (Å²) in [5.74, 6) is -3.85. The van der Waals surface area contributed by atoms with Crippen molar-refractivity contribution in [3.63, 3.8) is 0 Å². The van der Waals surface area contributed by atoms with Gasteiger partial charge >= 0.3 is 6.18 Å². The number of rotatable bonds is 2. The maximum absolute atomic E-state index is 12.5. The quantitative estimate of drug-likeness (QED) is 0.550. The second-order valence-electron chi connectivity index (χ2n) is 5.18. The highest BCUT2D eigenvalue weighted by atomic mass is 35.5. The normalized spacial score (nSPS) is 20.9. The molecule has 1 saturated heterocycles. The summed E-state index contributed by atoms with van der Waals surface area (Å²) in [4.78, 5) is 35.3. The van der Waals surface area contributed by atoms with E-state index in [4.69, 9.17) is 11.6 Å². The van der Waals surface area contributed by atoms with Crippen LogP contribution in [0.1, 0.15) is 23.2 Å². The third kappa shape index (κ3) is 4.38. The molecule has 1 aliphatic rings. The summed E-state index contributed by atoms with van der Waals surface area (Å²) >= 11 is 5.68. The van der Waals surface area contributed by atoms with E-state index in [2.05, 4.69) is 5.43 Å². The lowest BCUT2D eigenvalue weighted by atomic mass is 9.93. The van der Waals surface area contributed by atoms with Crippen LogP contribution in [0, 0.1) is 5.92 Å². The van der Waals surface area contributed by atoms with Crippen molar-refractivity contribution in [2.75, 3.05) is 0 Å². The van der Waals surface area contributed by atoms with Gasteiger partial charge in [0.25, 0.3) is 11.8 Å². The van der Waals surface area contributed by atoms with Gasteiger partial charge in [-0.25, -0.2) is 0 Å². The van der Waals surface area contributed by atoms with Crippen LogP contribution < -0.4 is 16.2 Å². The minimum atomic E-state index is -4.56. The molecule has 0 aliphatic carbocycles. The lowest BCUT2D eigenvalue weighted by Crippen LogP contribution is -2.56. The van der Waals surface area contributed by atoms with Gasteiger partial charge in [0.15, 0.2) is 0 Å². The number of carbonyl (C=O) groups is 3. The van der Waals surface area contributed by atoms with Crippen molar-refractivity contribution in [3.8, 4) is 0 Å². The molecule has 1 aliphatic heterocycles. The van der Waals surface area contributed by atoms with Crippen molar-refractivity contribution in [1.82, 2.24) is 16.2 Å². The van der Waals surface area contributed by atoms with Crippen molar-refractivity contribution in [1.29, 1.82) is 0 Å². The van der Waals surface area contributed by atoms with Crippen LogP contribution in [0.4, 0.5) is 13.2 Å². The fraction of sp³-hybridized carbons (Fsp3) is 0.357. The molecule has 0 saturated carbocycles. The lowest BCUT2D eigenvalue weighted by molar-refractivity contribution is -0.171.